The molecule has 0 bridgehead atoms. The molecule has 2 aromatic rings. The monoisotopic (exact) mass is 385 g/mol. The number of aliphatic carboxylic acids is 1. The molecule has 2 N–H and O–H groups in total. The van der Waals surface area contributed by atoms with Crippen LogP contribution in [0, 0.1) is 0 Å². The molecule has 0 spiro atoms. The van der Waals surface area contributed by atoms with E-state index in [0.717, 1.165) is 17.4 Å². The SMILES string of the molecule is O=C(O)[C@H](Cc1csc2cccc(C(F)(F)F)c12)NC(=O)C(F)(F)F. The Morgan fingerprint density at radius 1 is 1.16 bits per heavy atom. The number of carboxylic acid groups (broad SMARTS) is 1. The van der Waals surface area contributed by atoms with Crippen LogP contribution < -0.4 is 5.32 Å². The molecule has 11 heteroatoms. The summed E-state index contributed by atoms with van der Waals surface area (Å²) in [7, 11) is 0. The third-order valence-corrected chi connectivity index (χ3v) is 4.26. The van der Waals surface area contributed by atoms with E-state index in [1.165, 1.54) is 22.8 Å². The highest BCUT2D eigenvalue weighted by Crippen LogP contribution is 2.39. The minimum absolute atomic E-state index is 0.109. The maximum absolute atomic E-state index is 13.1. The van der Waals surface area contributed by atoms with Gasteiger partial charge in [0.1, 0.15) is 6.04 Å². The fourth-order valence-corrected chi connectivity index (χ4v) is 3.20. The van der Waals surface area contributed by atoms with E-state index in [1.54, 1.807) is 0 Å². The van der Waals surface area contributed by atoms with Gasteiger partial charge >= 0.3 is 24.2 Å². The lowest BCUT2D eigenvalue weighted by molar-refractivity contribution is -0.175. The van der Waals surface area contributed by atoms with Crippen molar-refractivity contribution in [1.29, 1.82) is 0 Å². The number of benzene rings is 1. The molecule has 1 aromatic carbocycles. The van der Waals surface area contributed by atoms with Crippen LogP contribution in [0.2, 0.25) is 0 Å². The van der Waals surface area contributed by atoms with Crippen molar-refractivity contribution < 1.29 is 41.0 Å². The number of nitrogens with one attached hydrogen (secondary N) is 1. The lowest BCUT2D eigenvalue weighted by Crippen LogP contribution is -2.47. The Morgan fingerprint density at radius 3 is 2.32 bits per heavy atom. The molecule has 0 saturated heterocycles. The molecule has 1 atom stereocenters. The number of rotatable bonds is 4. The first-order chi connectivity index (χ1) is 11.4. The zero-order chi connectivity index (χ0) is 19.0. The third-order valence-electron chi connectivity index (χ3n) is 3.27. The molecule has 0 radical (unpaired) electrons. The molecule has 136 valence electrons. The minimum Gasteiger partial charge on any atom is -0.480 e. The van der Waals surface area contributed by atoms with Gasteiger partial charge in [-0.1, -0.05) is 6.07 Å². The van der Waals surface area contributed by atoms with E-state index >= 15 is 0 Å². The predicted octanol–water partition coefficient (Wildman–Crippen LogP) is 3.59. The summed E-state index contributed by atoms with van der Waals surface area (Å²) in [5.74, 6) is -4.27. The van der Waals surface area contributed by atoms with E-state index in [1.807, 2.05) is 0 Å². The van der Waals surface area contributed by atoms with Crippen LogP contribution >= 0.6 is 11.3 Å². The van der Waals surface area contributed by atoms with Gasteiger partial charge in [0.2, 0.25) is 0 Å². The second-order valence-corrected chi connectivity index (χ2v) is 5.91. The van der Waals surface area contributed by atoms with Gasteiger partial charge in [-0.15, -0.1) is 11.3 Å². The molecule has 1 amide bonds. The standard InChI is InChI=1S/C14H9F6NO3S/c15-13(16,17)7-2-1-3-9-10(7)6(5-25-9)4-8(11(22)23)21-12(24)14(18,19)20/h1-3,5,8H,4H2,(H,21,24)(H,22,23)/t8-/m0/s1. The topological polar surface area (TPSA) is 66.4 Å². The van der Waals surface area contributed by atoms with Gasteiger partial charge in [-0.2, -0.15) is 26.3 Å². The Bertz CT molecular complexity index is 811. The lowest BCUT2D eigenvalue weighted by atomic mass is 10.0. The Hall–Kier alpha value is -2.30. The summed E-state index contributed by atoms with van der Waals surface area (Å²) >= 11 is 0.894. The van der Waals surface area contributed by atoms with Crippen LogP contribution in [0.5, 0.6) is 0 Å². The summed E-state index contributed by atoms with van der Waals surface area (Å²) < 4.78 is 76.3. The van der Waals surface area contributed by atoms with E-state index < -0.39 is 42.3 Å². The van der Waals surface area contributed by atoms with E-state index in [4.69, 9.17) is 5.11 Å². The van der Waals surface area contributed by atoms with Gasteiger partial charge in [0.25, 0.3) is 0 Å². The van der Waals surface area contributed by atoms with Crippen LogP contribution in [0.15, 0.2) is 23.6 Å². The fraction of sp³-hybridized carbons (Fsp3) is 0.286. The van der Waals surface area contributed by atoms with E-state index in [2.05, 4.69) is 0 Å². The second kappa shape index (κ2) is 6.54. The molecular formula is C14H9F6NO3S. The predicted molar refractivity (Wildman–Crippen MR) is 76.2 cm³/mol. The van der Waals surface area contributed by atoms with Crippen molar-refractivity contribution in [3.8, 4) is 0 Å². The van der Waals surface area contributed by atoms with E-state index in [9.17, 15) is 35.9 Å². The first-order valence-electron chi connectivity index (χ1n) is 6.58. The molecule has 4 nitrogen and oxygen atoms in total. The first kappa shape index (κ1) is 19.0. The normalized spacial score (nSPS) is 13.7. The van der Waals surface area contributed by atoms with E-state index in [0.29, 0.717) is 0 Å². The molecule has 1 heterocycles. The van der Waals surface area contributed by atoms with Crippen molar-refractivity contribution in [2.24, 2.45) is 0 Å². The number of halogens is 6. The number of carbonyl (C=O) groups is 2. The van der Waals surface area contributed by atoms with Gasteiger partial charge in [-0.05, 0) is 23.1 Å². The fourth-order valence-electron chi connectivity index (χ4n) is 2.20. The van der Waals surface area contributed by atoms with Gasteiger partial charge in [0.05, 0.1) is 5.56 Å². The van der Waals surface area contributed by atoms with Crippen molar-refractivity contribution in [3.63, 3.8) is 0 Å². The van der Waals surface area contributed by atoms with Gasteiger partial charge in [0, 0.05) is 16.5 Å². The number of amides is 1. The van der Waals surface area contributed by atoms with E-state index in [-0.39, 0.29) is 15.6 Å². The number of thiophene rings is 1. The zero-order valence-corrected chi connectivity index (χ0v) is 12.9. The Balaban J connectivity index is 2.41. The van der Waals surface area contributed by atoms with Gasteiger partial charge < -0.3 is 10.4 Å². The summed E-state index contributed by atoms with van der Waals surface area (Å²) in [4.78, 5) is 22.0. The first-order valence-corrected chi connectivity index (χ1v) is 7.46. The lowest BCUT2D eigenvalue weighted by Gasteiger charge is -2.16. The summed E-state index contributed by atoms with van der Waals surface area (Å²) in [5.41, 5.74) is -1.13. The Morgan fingerprint density at radius 2 is 1.80 bits per heavy atom. The summed E-state index contributed by atoms with van der Waals surface area (Å²) in [6.45, 7) is 0. The van der Waals surface area contributed by atoms with Crippen LogP contribution in [-0.2, 0) is 22.2 Å². The van der Waals surface area contributed by atoms with Crippen molar-refractivity contribution in [1.82, 2.24) is 5.32 Å². The highest BCUT2D eigenvalue weighted by molar-refractivity contribution is 7.17. The quantitative estimate of drug-likeness (QED) is 0.791. The summed E-state index contributed by atoms with van der Waals surface area (Å²) in [5, 5.41) is 11.2. The molecule has 0 fully saturated rings. The average Bonchev–Trinajstić information content (AvgIpc) is 2.87. The number of alkyl halides is 6. The summed E-state index contributed by atoms with van der Waals surface area (Å²) in [6.07, 6.45) is -10.7. The molecule has 0 unspecified atom stereocenters. The molecule has 0 aliphatic carbocycles. The minimum atomic E-state index is -5.30. The van der Waals surface area contributed by atoms with Crippen LogP contribution in [0.4, 0.5) is 26.3 Å². The maximum Gasteiger partial charge on any atom is 0.471 e. The smallest absolute Gasteiger partial charge is 0.471 e. The number of carbonyl (C=O) groups excluding carboxylic acids is 1. The van der Waals surface area contributed by atoms with Crippen LogP contribution in [0.1, 0.15) is 11.1 Å². The van der Waals surface area contributed by atoms with Crippen molar-refractivity contribution in [2.45, 2.75) is 24.8 Å². The van der Waals surface area contributed by atoms with Gasteiger partial charge in [-0.25, -0.2) is 4.79 Å². The summed E-state index contributed by atoms with van der Waals surface area (Å²) in [6, 6.07) is 1.32. The van der Waals surface area contributed by atoms with Gasteiger partial charge in [0.15, 0.2) is 0 Å². The zero-order valence-electron chi connectivity index (χ0n) is 12.0. The number of carboxylic acids is 1. The Kier molecular flexibility index (Phi) is 4.98. The number of hydrogen-bond donors (Lipinski definition) is 2. The third kappa shape index (κ3) is 4.21. The van der Waals surface area contributed by atoms with Crippen molar-refractivity contribution in [2.75, 3.05) is 0 Å². The highest BCUT2D eigenvalue weighted by Gasteiger charge is 2.41. The maximum atomic E-state index is 13.1. The molecular weight excluding hydrogens is 376 g/mol. The molecule has 25 heavy (non-hydrogen) atoms. The molecule has 0 aliphatic rings. The molecule has 0 saturated carbocycles. The number of hydrogen-bond acceptors (Lipinski definition) is 3. The second-order valence-electron chi connectivity index (χ2n) is 5.00. The molecule has 1 aromatic heterocycles. The highest BCUT2D eigenvalue weighted by atomic mass is 32.1. The van der Waals surface area contributed by atoms with Crippen molar-refractivity contribution >= 4 is 33.3 Å². The largest absolute Gasteiger partial charge is 0.480 e. The van der Waals surface area contributed by atoms with Crippen LogP contribution in [0.3, 0.4) is 0 Å². The Labute approximate surface area is 140 Å². The molecule has 0 aliphatic heterocycles. The van der Waals surface area contributed by atoms with Crippen LogP contribution in [-0.4, -0.2) is 29.2 Å². The van der Waals surface area contributed by atoms with Crippen molar-refractivity contribution in [3.05, 3.63) is 34.7 Å². The number of fused-ring (bicyclic) bond motifs is 1. The van der Waals surface area contributed by atoms with Crippen LogP contribution in [0.25, 0.3) is 10.1 Å². The molecule has 2 rings (SSSR count). The average molecular weight is 385 g/mol. The van der Waals surface area contributed by atoms with Gasteiger partial charge in [-0.3, -0.25) is 4.79 Å².